The van der Waals surface area contributed by atoms with Gasteiger partial charge in [0.2, 0.25) is 0 Å². The third-order valence-corrected chi connectivity index (χ3v) is 3.22. The fourth-order valence-corrected chi connectivity index (χ4v) is 2.33. The summed E-state index contributed by atoms with van der Waals surface area (Å²) in [5.41, 5.74) is 1.07. The lowest BCUT2D eigenvalue weighted by Gasteiger charge is -2.22. The van der Waals surface area contributed by atoms with Crippen LogP contribution in [-0.4, -0.2) is 6.04 Å². The molecule has 0 saturated carbocycles. The van der Waals surface area contributed by atoms with Crippen LogP contribution < -0.4 is 5.32 Å². The molecule has 2 atom stereocenters. The maximum Gasteiger partial charge on any atom is 0.0468 e. The van der Waals surface area contributed by atoms with Crippen LogP contribution in [0.2, 0.25) is 10.0 Å². The largest absolute Gasteiger partial charge is 0.306 e. The Morgan fingerprint density at radius 1 is 1.41 bits per heavy atom. The number of rotatable bonds is 5. The van der Waals surface area contributed by atoms with Crippen LogP contribution in [0.3, 0.4) is 0 Å². The summed E-state index contributed by atoms with van der Waals surface area (Å²) in [5, 5.41) is 4.83. The summed E-state index contributed by atoms with van der Waals surface area (Å²) >= 11 is 12.1. The molecule has 0 aliphatic rings. The molecule has 1 N–H and O–H groups in total. The average Bonchev–Trinajstić information content (AvgIpc) is 2.27. The Bertz CT molecular complexity index is 409. The molecule has 1 nitrogen and oxygen atoms in total. The number of halogens is 2. The first kappa shape index (κ1) is 14.4. The van der Waals surface area contributed by atoms with Gasteiger partial charge in [-0.3, -0.25) is 0 Å². The van der Waals surface area contributed by atoms with Gasteiger partial charge in [-0.05, 0) is 31.0 Å². The van der Waals surface area contributed by atoms with Gasteiger partial charge in [0.25, 0.3) is 0 Å². The van der Waals surface area contributed by atoms with Crippen molar-refractivity contribution in [3.05, 3.63) is 33.8 Å². The van der Waals surface area contributed by atoms with E-state index in [1.54, 1.807) is 6.07 Å². The zero-order valence-corrected chi connectivity index (χ0v) is 11.6. The van der Waals surface area contributed by atoms with Crippen molar-refractivity contribution < 1.29 is 0 Å². The van der Waals surface area contributed by atoms with Crippen molar-refractivity contribution >= 4 is 23.2 Å². The van der Waals surface area contributed by atoms with Crippen molar-refractivity contribution in [2.45, 2.75) is 38.8 Å². The van der Waals surface area contributed by atoms with E-state index in [4.69, 9.17) is 29.6 Å². The summed E-state index contributed by atoms with van der Waals surface area (Å²) in [4.78, 5) is 0. The molecule has 0 aliphatic carbocycles. The Hall–Kier alpha value is -0.680. The minimum absolute atomic E-state index is 0.211. The molecule has 92 valence electrons. The van der Waals surface area contributed by atoms with E-state index in [-0.39, 0.29) is 12.1 Å². The maximum absolute atomic E-state index is 6.20. The lowest BCUT2D eigenvalue weighted by molar-refractivity contribution is 0.451. The lowest BCUT2D eigenvalue weighted by atomic mass is 10.0. The molecular weight excluding hydrogens is 253 g/mol. The molecule has 0 aliphatic heterocycles. The third kappa shape index (κ3) is 4.24. The van der Waals surface area contributed by atoms with Crippen molar-refractivity contribution in [1.29, 1.82) is 0 Å². The second-order valence-corrected chi connectivity index (χ2v) is 4.95. The van der Waals surface area contributed by atoms with Crippen molar-refractivity contribution in [3.63, 3.8) is 0 Å². The molecule has 0 heterocycles. The van der Waals surface area contributed by atoms with Crippen LogP contribution >= 0.6 is 23.2 Å². The Kier molecular flexibility index (Phi) is 5.85. The van der Waals surface area contributed by atoms with Gasteiger partial charge in [0.1, 0.15) is 0 Å². The Labute approximate surface area is 114 Å². The van der Waals surface area contributed by atoms with Crippen LogP contribution in [-0.2, 0) is 0 Å². The Morgan fingerprint density at radius 2 is 2.12 bits per heavy atom. The fourth-order valence-electron chi connectivity index (χ4n) is 1.79. The quantitative estimate of drug-likeness (QED) is 0.779. The SMILES string of the molecule is C#CCC(C)NC(CC)c1ccc(Cl)cc1Cl. The monoisotopic (exact) mass is 269 g/mol. The summed E-state index contributed by atoms with van der Waals surface area (Å²) in [6.07, 6.45) is 6.97. The van der Waals surface area contributed by atoms with Crippen LogP contribution in [0.5, 0.6) is 0 Å². The Balaban J connectivity index is 2.83. The molecule has 0 amide bonds. The van der Waals surface area contributed by atoms with Crippen LogP contribution in [0.1, 0.15) is 38.3 Å². The molecule has 0 spiro atoms. The van der Waals surface area contributed by atoms with E-state index < -0.39 is 0 Å². The average molecular weight is 270 g/mol. The van der Waals surface area contributed by atoms with Crippen LogP contribution in [0.15, 0.2) is 18.2 Å². The minimum atomic E-state index is 0.211. The topological polar surface area (TPSA) is 12.0 Å². The van der Waals surface area contributed by atoms with Crippen LogP contribution in [0, 0.1) is 12.3 Å². The summed E-state index contributed by atoms with van der Waals surface area (Å²) in [6, 6.07) is 6.09. The first-order valence-corrected chi connectivity index (χ1v) is 6.48. The maximum atomic E-state index is 6.20. The van der Waals surface area contributed by atoms with Gasteiger partial charge < -0.3 is 5.32 Å². The van der Waals surface area contributed by atoms with E-state index >= 15 is 0 Å². The summed E-state index contributed by atoms with van der Waals surface area (Å²) in [6.45, 7) is 4.19. The van der Waals surface area contributed by atoms with Gasteiger partial charge in [-0.15, -0.1) is 12.3 Å². The predicted molar refractivity (Wildman–Crippen MR) is 75.5 cm³/mol. The summed E-state index contributed by atoms with van der Waals surface area (Å²) in [5.74, 6) is 2.66. The number of hydrogen-bond acceptors (Lipinski definition) is 1. The minimum Gasteiger partial charge on any atom is -0.306 e. The van der Waals surface area contributed by atoms with Gasteiger partial charge in [-0.1, -0.05) is 36.2 Å². The van der Waals surface area contributed by atoms with Crippen molar-refractivity contribution in [3.8, 4) is 12.3 Å². The highest BCUT2D eigenvalue weighted by molar-refractivity contribution is 6.35. The van der Waals surface area contributed by atoms with E-state index in [1.165, 1.54) is 0 Å². The first-order valence-electron chi connectivity index (χ1n) is 5.73. The van der Waals surface area contributed by atoms with E-state index in [0.717, 1.165) is 12.0 Å². The molecule has 0 fully saturated rings. The van der Waals surface area contributed by atoms with E-state index in [9.17, 15) is 0 Å². The van der Waals surface area contributed by atoms with Gasteiger partial charge in [-0.25, -0.2) is 0 Å². The molecule has 3 heteroatoms. The zero-order chi connectivity index (χ0) is 12.8. The predicted octanol–water partition coefficient (Wildman–Crippen LogP) is 4.45. The van der Waals surface area contributed by atoms with E-state index in [2.05, 4.69) is 25.1 Å². The number of terminal acetylenes is 1. The van der Waals surface area contributed by atoms with E-state index in [1.807, 2.05) is 12.1 Å². The molecule has 2 unspecified atom stereocenters. The highest BCUT2D eigenvalue weighted by Crippen LogP contribution is 2.28. The number of benzene rings is 1. The normalized spacial score (nSPS) is 14.1. The zero-order valence-electron chi connectivity index (χ0n) is 10.1. The molecule has 0 bridgehead atoms. The molecule has 17 heavy (non-hydrogen) atoms. The van der Waals surface area contributed by atoms with Gasteiger partial charge in [-0.2, -0.15) is 0 Å². The standard InChI is InChI=1S/C14H17Cl2N/c1-4-6-10(3)17-14(5-2)12-8-7-11(15)9-13(12)16/h1,7-10,14,17H,5-6H2,2-3H3. The second kappa shape index (κ2) is 6.91. The summed E-state index contributed by atoms with van der Waals surface area (Å²) < 4.78 is 0. The van der Waals surface area contributed by atoms with Crippen molar-refractivity contribution in [1.82, 2.24) is 5.32 Å². The fraction of sp³-hybridized carbons (Fsp3) is 0.429. The van der Waals surface area contributed by atoms with Gasteiger partial charge in [0.15, 0.2) is 0 Å². The lowest BCUT2D eigenvalue weighted by Crippen LogP contribution is -2.30. The summed E-state index contributed by atoms with van der Waals surface area (Å²) in [7, 11) is 0. The molecule has 0 saturated heterocycles. The van der Waals surface area contributed by atoms with Crippen molar-refractivity contribution in [2.24, 2.45) is 0 Å². The first-order chi connectivity index (χ1) is 8.08. The third-order valence-electron chi connectivity index (χ3n) is 2.66. The molecule has 0 radical (unpaired) electrons. The molecule has 0 aromatic heterocycles. The number of nitrogens with one attached hydrogen (secondary N) is 1. The van der Waals surface area contributed by atoms with Crippen LogP contribution in [0.25, 0.3) is 0 Å². The second-order valence-electron chi connectivity index (χ2n) is 4.10. The van der Waals surface area contributed by atoms with Gasteiger partial charge >= 0.3 is 0 Å². The molecule has 1 rings (SSSR count). The Morgan fingerprint density at radius 3 is 2.65 bits per heavy atom. The highest BCUT2D eigenvalue weighted by atomic mass is 35.5. The van der Waals surface area contributed by atoms with E-state index in [0.29, 0.717) is 16.5 Å². The smallest absolute Gasteiger partial charge is 0.0468 e. The number of hydrogen-bond donors (Lipinski definition) is 1. The van der Waals surface area contributed by atoms with Gasteiger partial charge in [0.05, 0.1) is 0 Å². The van der Waals surface area contributed by atoms with Gasteiger partial charge in [0, 0.05) is 28.5 Å². The van der Waals surface area contributed by atoms with Crippen LogP contribution in [0.4, 0.5) is 0 Å². The van der Waals surface area contributed by atoms with Crippen molar-refractivity contribution in [2.75, 3.05) is 0 Å². The molecule has 1 aromatic carbocycles. The highest BCUT2D eigenvalue weighted by Gasteiger charge is 2.14. The molecular formula is C14H17Cl2N. The molecule has 1 aromatic rings.